The van der Waals surface area contributed by atoms with Crippen LogP contribution in [0, 0.1) is 0 Å². The summed E-state index contributed by atoms with van der Waals surface area (Å²) in [5, 5.41) is 0. The van der Waals surface area contributed by atoms with Crippen molar-refractivity contribution < 1.29 is 4.79 Å². The maximum absolute atomic E-state index is 11.0. The molecule has 3 heteroatoms. The van der Waals surface area contributed by atoms with Crippen LogP contribution in [0.25, 0.3) is 0 Å². The molecule has 0 saturated heterocycles. The quantitative estimate of drug-likeness (QED) is 0.225. The van der Waals surface area contributed by atoms with Gasteiger partial charge in [0, 0.05) is 6.42 Å². The zero-order valence-electron chi connectivity index (χ0n) is 12.7. The highest BCUT2D eigenvalue weighted by molar-refractivity contribution is 14.1. The van der Waals surface area contributed by atoms with E-state index in [9.17, 15) is 4.79 Å². The van der Waals surface area contributed by atoms with Crippen LogP contribution in [0.15, 0.2) is 0 Å². The van der Waals surface area contributed by atoms with Crippen molar-refractivity contribution in [2.75, 3.05) is 0 Å². The van der Waals surface area contributed by atoms with Crippen molar-refractivity contribution in [3.63, 3.8) is 0 Å². The monoisotopic (exact) mass is 381 g/mol. The number of carbonyl (C=O) groups is 1. The van der Waals surface area contributed by atoms with Crippen molar-refractivity contribution in [1.82, 2.24) is 3.53 Å². The normalized spacial score (nSPS) is 10.6. The maximum Gasteiger partial charge on any atom is 0.228 e. The van der Waals surface area contributed by atoms with Crippen LogP contribution in [0.2, 0.25) is 0 Å². The Morgan fingerprint density at radius 1 is 0.737 bits per heavy atom. The van der Waals surface area contributed by atoms with E-state index in [4.69, 9.17) is 0 Å². The molecule has 0 rings (SSSR count). The number of carbonyl (C=O) groups excluding carboxylic acids is 1. The molecular weight excluding hydrogens is 349 g/mol. The Morgan fingerprint density at radius 2 is 1.11 bits per heavy atom. The molecule has 0 unspecified atom stereocenters. The molecule has 2 nitrogen and oxygen atoms in total. The van der Waals surface area contributed by atoms with E-state index in [1.807, 2.05) is 22.9 Å². The molecule has 0 aliphatic heterocycles. The van der Waals surface area contributed by atoms with Crippen molar-refractivity contribution in [1.29, 1.82) is 0 Å². The number of amides is 1. The van der Waals surface area contributed by atoms with Crippen LogP contribution < -0.4 is 3.53 Å². The zero-order valence-corrected chi connectivity index (χ0v) is 14.8. The van der Waals surface area contributed by atoms with Gasteiger partial charge in [0.15, 0.2) is 0 Å². The highest BCUT2D eigenvalue weighted by Crippen LogP contribution is 2.12. The number of nitrogens with one attached hydrogen (secondary N) is 1. The van der Waals surface area contributed by atoms with Crippen molar-refractivity contribution in [2.24, 2.45) is 0 Å². The zero-order chi connectivity index (χ0) is 14.2. The van der Waals surface area contributed by atoms with E-state index < -0.39 is 0 Å². The summed E-state index contributed by atoms with van der Waals surface area (Å²) in [6, 6.07) is 0. The Bertz CT molecular complexity index is 197. The first-order valence-corrected chi connectivity index (χ1v) is 9.28. The van der Waals surface area contributed by atoms with Crippen LogP contribution in [-0.4, -0.2) is 5.91 Å². The third kappa shape index (κ3) is 16.1. The van der Waals surface area contributed by atoms with Gasteiger partial charge < -0.3 is 0 Å². The highest BCUT2D eigenvalue weighted by Gasteiger charge is 1.98. The second kappa shape index (κ2) is 16.3. The predicted octanol–water partition coefficient (Wildman–Crippen LogP) is 5.93. The van der Waals surface area contributed by atoms with E-state index in [1.54, 1.807) is 0 Å². The van der Waals surface area contributed by atoms with Gasteiger partial charge in [-0.05, 0) is 6.42 Å². The van der Waals surface area contributed by atoms with Crippen LogP contribution in [0.5, 0.6) is 0 Å². The molecule has 1 N–H and O–H groups in total. The average Bonchev–Trinajstić information content (AvgIpc) is 2.43. The van der Waals surface area contributed by atoms with Gasteiger partial charge in [-0.15, -0.1) is 0 Å². The minimum absolute atomic E-state index is 0.170. The Hall–Kier alpha value is 0.200. The molecule has 0 aromatic carbocycles. The predicted molar refractivity (Wildman–Crippen MR) is 92.5 cm³/mol. The molecule has 0 aliphatic carbocycles. The Balaban J connectivity index is 2.97. The fourth-order valence-electron chi connectivity index (χ4n) is 2.35. The van der Waals surface area contributed by atoms with E-state index in [-0.39, 0.29) is 5.91 Å². The first-order valence-electron chi connectivity index (χ1n) is 8.20. The molecule has 0 aromatic rings. The van der Waals surface area contributed by atoms with Crippen molar-refractivity contribution >= 4 is 28.8 Å². The summed E-state index contributed by atoms with van der Waals surface area (Å²) in [4.78, 5) is 11.0. The van der Waals surface area contributed by atoms with Crippen LogP contribution >= 0.6 is 22.9 Å². The Morgan fingerprint density at radius 3 is 1.47 bits per heavy atom. The van der Waals surface area contributed by atoms with E-state index in [1.165, 1.54) is 77.0 Å². The standard InChI is InChI=1S/C16H32INO/c1-2-3-4-5-6-7-8-9-10-11-12-13-14-15-16(19)18-17/h2-15H2,1H3,(H,18,19). The Kier molecular flexibility index (Phi) is 16.4. The van der Waals surface area contributed by atoms with Gasteiger partial charge in [-0.2, -0.15) is 0 Å². The van der Waals surface area contributed by atoms with Gasteiger partial charge in [0.1, 0.15) is 0 Å². The van der Waals surface area contributed by atoms with Crippen LogP contribution in [0.3, 0.4) is 0 Å². The first-order chi connectivity index (χ1) is 9.31. The SMILES string of the molecule is CCCCCCCCCCCCCCCC(=O)NI. The fourth-order valence-corrected chi connectivity index (χ4v) is 2.62. The molecular formula is C16H32INO. The molecule has 0 heterocycles. The lowest BCUT2D eigenvalue weighted by atomic mass is 10.0. The largest absolute Gasteiger partial charge is 0.299 e. The molecule has 114 valence electrons. The molecule has 0 radical (unpaired) electrons. The third-order valence-electron chi connectivity index (χ3n) is 3.61. The minimum Gasteiger partial charge on any atom is -0.299 e. The van der Waals surface area contributed by atoms with Crippen molar-refractivity contribution in [3.05, 3.63) is 0 Å². The van der Waals surface area contributed by atoms with E-state index >= 15 is 0 Å². The number of unbranched alkanes of at least 4 members (excludes halogenated alkanes) is 12. The summed E-state index contributed by atoms with van der Waals surface area (Å²) in [5.74, 6) is 0.170. The lowest BCUT2D eigenvalue weighted by molar-refractivity contribution is -0.118. The van der Waals surface area contributed by atoms with E-state index in [0.29, 0.717) is 6.42 Å². The van der Waals surface area contributed by atoms with E-state index in [0.717, 1.165) is 6.42 Å². The van der Waals surface area contributed by atoms with Gasteiger partial charge in [-0.3, -0.25) is 8.32 Å². The summed E-state index contributed by atoms with van der Waals surface area (Å²) in [7, 11) is 0. The van der Waals surface area contributed by atoms with Crippen LogP contribution in [0.4, 0.5) is 0 Å². The van der Waals surface area contributed by atoms with Crippen molar-refractivity contribution in [2.45, 2.75) is 96.8 Å². The molecule has 0 fully saturated rings. The lowest BCUT2D eigenvalue weighted by Crippen LogP contribution is -2.10. The molecule has 0 aromatic heterocycles. The summed E-state index contributed by atoms with van der Waals surface area (Å²) in [6.45, 7) is 2.27. The third-order valence-corrected chi connectivity index (χ3v) is 4.21. The molecule has 1 amide bonds. The van der Waals surface area contributed by atoms with Gasteiger partial charge in [-0.1, -0.05) is 84.0 Å². The van der Waals surface area contributed by atoms with Crippen molar-refractivity contribution in [3.8, 4) is 0 Å². The first kappa shape index (κ1) is 19.2. The molecule has 0 atom stereocenters. The van der Waals surface area contributed by atoms with Crippen LogP contribution in [0.1, 0.15) is 96.8 Å². The van der Waals surface area contributed by atoms with Gasteiger partial charge in [0.2, 0.25) is 5.91 Å². The Labute approximate surface area is 134 Å². The smallest absolute Gasteiger partial charge is 0.228 e. The lowest BCUT2D eigenvalue weighted by Gasteiger charge is -2.02. The summed E-state index contributed by atoms with van der Waals surface area (Å²) in [5.41, 5.74) is 0. The molecule has 0 bridgehead atoms. The van der Waals surface area contributed by atoms with Gasteiger partial charge >= 0.3 is 0 Å². The summed E-state index contributed by atoms with van der Waals surface area (Å²) in [6.07, 6.45) is 18.3. The fraction of sp³-hybridized carbons (Fsp3) is 0.938. The molecule has 19 heavy (non-hydrogen) atoms. The molecule has 0 saturated carbocycles. The number of rotatable bonds is 14. The topological polar surface area (TPSA) is 29.1 Å². The number of halogens is 1. The number of hydrogen-bond donors (Lipinski definition) is 1. The molecule has 0 spiro atoms. The molecule has 0 aliphatic rings. The second-order valence-electron chi connectivity index (χ2n) is 5.51. The van der Waals surface area contributed by atoms with Gasteiger partial charge in [0.25, 0.3) is 0 Å². The summed E-state index contributed by atoms with van der Waals surface area (Å²) >= 11 is 1.91. The summed E-state index contributed by atoms with van der Waals surface area (Å²) < 4.78 is 2.64. The van der Waals surface area contributed by atoms with Crippen LogP contribution in [-0.2, 0) is 4.79 Å². The second-order valence-corrected chi connectivity index (χ2v) is 6.05. The number of hydrogen-bond acceptors (Lipinski definition) is 1. The highest BCUT2D eigenvalue weighted by atomic mass is 127. The maximum atomic E-state index is 11.0. The minimum atomic E-state index is 0.170. The average molecular weight is 381 g/mol. The van der Waals surface area contributed by atoms with Gasteiger partial charge in [0.05, 0.1) is 22.9 Å². The van der Waals surface area contributed by atoms with E-state index in [2.05, 4.69) is 10.5 Å². The van der Waals surface area contributed by atoms with Gasteiger partial charge in [-0.25, -0.2) is 0 Å².